The lowest BCUT2D eigenvalue weighted by Gasteiger charge is -2.07. The zero-order chi connectivity index (χ0) is 14.4. The van der Waals surface area contributed by atoms with Crippen molar-refractivity contribution in [1.29, 1.82) is 0 Å². The van der Waals surface area contributed by atoms with E-state index in [1.807, 2.05) is 0 Å². The molecular formula is C11H13N7O2. The van der Waals surface area contributed by atoms with Gasteiger partial charge >= 0.3 is 0 Å². The lowest BCUT2D eigenvalue weighted by atomic mass is 10.2. The molecular weight excluding hydrogens is 262 g/mol. The Balaban J connectivity index is 1.98. The third kappa shape index (κ3) is 3.59. The molecule has 1 aromatic carbocycles. The monoisotopic (exact) mass is 275 g/mol. The van der Waals surface area contributed by atoms with Gasteiger partial charge in [0.05, 0.1) is 13.1 Å². The average Bonchev–Trinajstić information content (AvgIpc) is 2.99. The number of nitrogens with zero attached hydrogens (tertiary/aromatic N) is 3. The molecule has 0 radical (unpaired) electrons. The van der Waals surface area contributed by atoms with Crippen molar-refractivity contribution in [2.24, 2.45) is 5.73 Å². The summed E-state index contributed by atoms with van der Waals surface area (Å²) in [6, 6.07) is 6.95. The maximum atomic E-state index is 11.6. The molecule has 0 aliphatic carbocycles. The van der Waals surface area contributed by atoms with Crippen LogP contribution in [-0.2, 0) is 9.59 Å². The van der Waals surface area contributed by atoms with Crippen molar-refractivity contribution in [2.75, 3.05) is 18.4 Å². The van der Waals surface area contributed by atoms with E-state index in [2.05, 4.69) is 31.3 Å². The van der Waals surface area contributed by atoms with E-state index >= 15 is 0 Å². The molecule has 104 valence electrons. The number of amides is 2. The fourth-order valence-electron chi connectivity index (χ4n) is 1.48. The maximum absolute atomic E-state index is 11.6. The van der Waals surface area contributed by atoms with E-state index in [-0.39, 0.29) is 24.9 Å². The van der Waals surface area contributed by atoms with Gasteiger partial charge in [0.25, 0.3) is 0 Å². The van der Waals surface area contributed by atoms with Gasteiger partial charge in [0.1, 0.15) is 0 Å². The van der Waals surface area contributed by atoms with E-state index in [4.69, 9.17) is 5.73 Å². The highest BCUT2D eigenvalue weighted by Gasteiger charge is 2.07. The number of tetrazole rings is 1. The quantitative estimate of drug-likeness (QED) is 0.545. The number of rotatable bonds is 5. The number of anilines is 1. The molecule has 9 nitrogen and oxygen atoms in total. The van der Waals surface area contributed by atoms with Crippen LogP contribution in [0.4, 0.5) is 5.69 Å². The molecule has 0 spiro atoms. The van der Waals surface area contributed by atoms with Crippen LogP contribution in [0.25, 0.3) is 11.4 Å². The van der Waals surface area contributed by atoms with Crippen molar-refractivity contribution < 1.29 is 9.59 Å². The first kappa shape index (κ1) is 13.6. The number of hydrogen-bond donors (Lipinski definition) is 4. The summed E-state index contributed by atoms with van der Waals surface area (Å²) in [5.41, 5.74) is 6.40. The van der Waals surface area contributed by atoms with E-state index in [0.29, 0.717) is 17.1 Å². The molecule has 0 bridgehead atoms. The van der Waals surface area contributed by atoms with E-state index in [1.54, 1.807) is 24.3 Å². The van der Waals surface area contributed by atoms with Gasteiger partial charge in [-0.05, 0) is 17.3 Å². The second kappa shape index (κ2) is 6.38. The molecule has 2 aromatic rings. The van der Waals surface area contributed by atoms with Gasteiger partial charge in [0.2, 0.25) is 17.6 Å². The van der Waals surface area contributed by atoms with Crippen LogP contribution in [0, 0.1) is 0 Å². The molecule has 5 N–H and O–H groups in total. The van der Waals surface area contributed by atoms with Gasteiger partial charge in [-0.15, -0.1) is 10.2 Å². The van der Waals surface area contributed by atoms with Gasteiger partial charge < -0.3 is 16.4 Å². The predicted molar refractivity (Wildman–Crippen MR) is 70.3 cm³/mol. The number of H-pyrrole nitrogens is 1. The second-order valence-electron chi connectivity index (χ2n) is 3.85. The molecule has 0 atom stereocenters. The van der Waals surface area contributed by atoms with Crippen LogP contribution in [0.3, 0.4) is 0 Å². The number of nitrogens with two attached hydrogens (primary N) is 1. The molecule has 1 heterocycles. The molecule has 0 aliphatic rings. The number of hydrogen-bond acceptors (Lipinski definition) is 6. The lowest BCUT2D eigenvalue weighted by Crippen LogP contribution is -2.36. The smallest absolute Gasteiger partial charge is 0.243 e. The van der Waals surface area contributed by atoms with Crippen LogP contribution >= 0.6 is 0 Å². The van der Waals surface area contributed by atoms with Crippen molar-refractivity contribution in [3.63, 3.8) is 0 Å². The predicted octanol–water partition coefficient (Wildman–Crippen LogP) is -1.12. The van der Waals surface area contributed by atoms with Crippen LogP contribution in [0.1, 0.15) is 0 Å². The zero-order valence-corrected chi connectivity index (χ0v) is 10.5. The summed E-state index contributed by atoms with van der Waals surface area (Å²) in [6.07, 6.45) is 0. The van der Waals surface area contributed by atoms with Crippen LogP contribution < -0.4 is 16.4 Å². The Morgan fingerprint density at radius 3 is 2.85 bits per heavy atom. The first-order valence-electron chi connectivity index (χ1n) is 5.79. The summed E-state index contributed by atoms with van der Waals surface area (Å²) < 4.78 is 0. The normalized spacial score (nSPS) is 10.1. The number of nitrogens with one attached hydrogen (secondary N) is 3. The van der Waals surface area contributed by atoms with Crippen LogP contribution in [0.15, 0.2) is 24.3 Å². The summed E-state index contributed by atoms with van der Waals surface area (Å²) in [5, 5.41) is 18.5. The summed E-state index contributed by atoms with van der Waals surface area (Å²) in [4.78, 5) is 22.5. The maximum Gasteiger partial charge on any atom is 0.243 e. The molecule has 2 amide bonds. The highest BCUT2D eigenvalue weighted by atomic mass is 16.2. The molecule has 0 saturated carbocycles. The summed E-state index contributed by atoms with van der Waals surface area (Å²) in [5.74, 6) is -0.310. The standard InChI is InChI=1S/C11H13N7O2/c12-5-9(19)13-6-10(20)14-8-3-1-2-7(4-8)11-15-17-18-16-11/h1-4H,5-6,12H2,(H,13,19)(H,14,20)(H,15,16,17,18). The zero-order valence-electron chi connectivity index (χ0n) is 10.5. The SMILES string of the molecule is NCC(=O)NCC(=O)Nc1cccc(-c2nn[nH]n2)c1. The first-order chi connectivity index (χ1) is 9.69. The Morgan fingerprint density at radius 2 is 2.15 bits per heavy atom. The topological polar surface area (TPSA) is 139 Å². The second-order valence-corrected chi connectivity index (χ2v) is 3.85. The van der Waals surface area contributed by atoms with Gasteiger partial charge in [-0.2, -0.15) is 5.21 Å². The average molecular weight is 275 g/mol. The van der Waals surface area contributed by atoms with Crippen molar-refractivity contribution in [3.05, 3.63) is 24.3 Å². The Hall–Kier alpha value is -2.81. The summed E-state index contributed by atoms with van der Waals surface area (Å²) in [7, 11) is 0. The molecule has 0 aliphatic heterocycles. The van der Waals surface area contributed by atoms with Crippen molar-refractivity contribution in [1.82, 2.24) is 25.9 Å². The highest BCUT2D eigenvalue weighted by Crippen LogP contribution is 2.17. The van der Waals surface area contributed by atoms with Crippen LogP contribution in [0.5, 0.6) is 0 Å². The Labute approximate surface area is 113 Å². The van der Waals surface area contributed by atoms with E-state index in [9.17, 15) is 9.59 Å². The third-order valence-electron chi connectivity index (χ3n) is 2.38. The van der Waals surface area contributed by atoms with Gasteiger partial charge in [-0.3, -0.25) is 9.59 Å². The number of benzene rings is 1. The molecule has 20 heavy (non-hydrogen) atoms. The molecule has 1 aromatic heterocycles. The number of aromatic amines is 1. The third-order valence-corrected chi connectivity index (χ3v) is 2.38. The molecule has 9 heteroatoms. The van der Waals surface area contributed by atoms with Crippen molar-refractivity contribution in [3.8, 4) is 11.4 Å². The van der Waals surface area contributed by atoms with Gasteiger partial charge in [0, 0.05) is 11.3 Å². The molecule has 2 rings (SSSR count). The highest BCUT2D eigenvalue weighted by molar-refractivity contribution is 5.95. The Bertz CT molecular complexity index is 597. The Morgan fingerprint density at radius 1 is 1.30 bits per heavy atom. The minimum absolute atomic E-state index is 0.136. The van der Waals surface area contributed by atoms with E-state index < -0.39 is 0 Å². The lowest BCUT2D eigenvalue weighted by molar-refractivity contribution is -0.123. The number of aromatic nitrogens is 4. The van der Waals surface area contributed by atoms with Gasteiger partial charge in [-0.1, -0.05) is 12.1 Å². The van der Waals surface area contributed by atoms with Crippen LogP contribution in [0.2, 0.25) is 0 Å². The number of carbonyl (C=O) groups is 2. The minimum atomic E-state index is -0.388. The van der Waals surface area contributed by atoms with Gasteiger partial charge in [-0.25, -0.2) is 0 Å². The summed E-state index contributed by atoms with van der Waals surface area (Å²) in [6.45, 7) is -0.289. The summed E-state index contributed by atoms with van der Waals surface area (Å²) >= 11 is 0. The van der Waals surface area contributed by atoms with E-state index in [0.717, 1.165) is 0 Å². The fraction of sp³-hybridized carbons (Fsp3) is 0.182. The minimum Gasteiger partial charge on any atom is -0.346 e. The Kier molecular flexibility index (Phi) is 4.35. The largest absolute Gasteiger partial charge is 0.346 e. The van der Waals surface area contributed by atoms with Crippen LogP contribution in [-0.4, -0.2) is 45.5 Å². The first-order valence-corrected chi connectivity index (χ1v) is 5.79. The molecule has 0 fully saturated rings. The molecule has 0 unspecified atom stereocenters. The van der Waals surface area contributed by atoms with Crippen molar-refractivity contribution in [2.45, 2.75) is 0 Å². The van der Waals surface area contributed by atoms with Crippen molar-refractivity contribution >= 4 is 17.5 Å². The fourth-order valence-corrected chi connectivity index (χ4v) is 1.48. The van der Waals surface area contributed by atoms with E-state index in [1.165, 1.54) is 0 Å². The number of carbonyl (C=O) groups excluding carboxylic acids is 2. The molecule has 0 saturated heterocycles. The van der Waals surface area contributed by atoms with Gasteiger partial charge in [0.15, 0.2) is 0 Å².